The zero-order valence-corrected chi connectivity index (χ0v) is 15.4. The van der Waals surface area contributed by atoms with Crippen molar-refractivity contribution in [1.29, 1.82) is 0 Å². The van der Waals surface area contributed by atoms with Gasteiger partial charge in [-0.2, -0.15) is 0 Å². The van der Waals surface area contributed by atoms with Gasteiger partial charge in [0.2, 0.25) is 5.13 Å². The van der Waals surface area contributed by atoms with Crippen LogP contribution in [0.2, 0.25) is 0 Å². The first-order chi connectivity index (χ1) is 12.2. The van der Waals surface area contributed by atoms with E-state index < -0.39 is 0 Å². The van der Waals surface area contributed by atoms with Crippen LogP contribution in [0.15, 0.2) is 37.8 Å². The Labute approximate surface area is 152 Å². The molecule has 1 N–H and O–H groups in total. The second kappa shape index (κ2) is 8.32. The van der Waals surface area contributed by atoms with Crippen molar-refractivity contribution in [3.8, 4) is 5.75 Å². The SMILES string of the molecule is COCCNc1nnc(SCc2cc(=O)oc3cc(OC)ccc23)s1. The average Bonchev–Trinajstić information content (AvgIpc) is 3.07. The van der Waals surface area contributed by atoms with Crippen LogP contribution in [0.5, 0.6) is 5.75 Å². The number of aromatic nitrogens is 2. The van der Waals surface area contributed by atoms with Crippen LogP contribution in [-0.4, -0.2) is 37.6 Å². The third-order valence-corrected chi connectivity index (χ3v) is 5.44. The molecule has 0 bridgehead atoms. The zero-order chi connectivity index (χ0) is 17.6. The van der Waals surface area contributed by atoms with Crippen LogP contribution in [0.4, 0.5) is 5.13 Å². The summed E-state index contributed by atoms with van der Waals surface area (Å²) in [6.45, 7) is 1.29. The number of nitrogens with zero attached hydrogens (tertiary/aromatic N) is 2. The number of nitrogens with one attached hydrogen (secondary N) is 1. The van der Waals surface area contributed by atoms with Crippen molar-refractivity contribution in [2.45, 2.75) is 10.1 Å². The summed E-state index contributed by atoms with van der Waals surface area (Å²) in [6.07, 6.45) is 0. The Morgan fingerprint density at radius 1 is 1.28 bits per heavy atom. The van der Waals surface area contributed by atoms with Crippen LogP contribution in [-0.2, 0) is 10.5 Å². The summed E-state index contributed by atoms with van der Waals surface area (Å²) >= 11 is 3.00. The van der Waals surface area contributed by atoms with Gasteiger partial charge < -0.3 is 19.2 Å². The fourth-order valence-corrected chi connectivity index (χ4v) is 3.96. The molecule has 2 aromatic heterocycles. The standard InChI is InChI=1S/C16H17N3O4S2/c1-21-6-5-17-15-18-19-16(25-15)24-9-10-7-14(20)23-13-8-11(22-2)3-4-12(10)13/h3-4,7-8H,5-6,9H2,1-2H3,(H,17,18). The number of fused-ring (bicyclic) bond motifs is 1. The molecule has 0 atom stereocenters. The predicted molar refractivity (Wildman–Crippen MR) is 98.9 cm³/mol. The molecule has 0 amide bonds. The van der Waals surface area contributed by atoms with E-state index in [1.807, 2.05) is 12.1 Å². The van der Waals surface area contributed by atoms with E-state index in [4.69, 9.17) is 13.9 Å². The minimum absolute atomic E-state index is 0.379. The van der Waals surface area contributed by atoms with E-state index >= 15 is 0 Å². The lowest BCUT2D eigenvalue weighted by Crippen LogP contribution is -2.06. The van der Waals surface area contributed by atoms with Gasteiger partial charge >= 0.3 is 5.63 Å². The maximum absolute atomic E-state index is 11.8. The van der Waals surface area contributed by atoms with Gasteiger partial charge in [-0.1, -0.05) is 23.1 Å². The van der Waals surface area contributed by atoms with Crippen LogP contribution in [0.1, 0.15) is 5.56 Å². The van der Waals surface area contributed by atoms with Crippen LogP contribution >= 0.6 is 23.1 Å². The molecule has 132 valence electrons. The van der Waals surface area contributed by atoms with Crippen LogP contribution in [0.25, 0.3) is 11.0 Å². The fourth-order valence-electron chi connectivity index (χ4n) is 2.20. The lowest BCUT2D eigenvalue weighted by Gasteiger charge is -2.05. The molecule has 3 rings (SSSR count). The molecule has 1 aromatic carbocycles. The molecule has 0 unspecified atom stereocenters. The molecule has 2 heterocycles. The molecule has 25 heavy (non-hydrogen) atoms. The third kappa shape index (κ3) is 4.50. The zero-order valence-electron chi connectivity index (χ0n) is 13.8. The minimum atomic E-state index is -0.379. The summed E-state index contributed by atoms with van der Waals surface area (Å²) < 4.78 is 16.3. The van der Waals surface area contributed by atoms with Crippen molar-refractivity contribution in [2.24, 2.45) is 0 Å². The number of ether oxygens (including phenoxy) is 2. The lowest BCUT2D eigenvalue weighted by atomic mass is 10.1. The van der Waals surface area contributed by atoms with Crippen LogP contribution in [0.3, 0.4) is 0 Å². The predicted octanol–water partition coefficient (Wildman–Crippen LogP) is 3.00. The van der Waals surface area contributed by atoms with Crippen molar-refractivity contribution < 1.29 is 13.9 Å². The molecule has 0 aliphatic carbocycles. The van der Waals surface area contributed by atoms with Gasteiger partial charge in [0.1, 0.15) is 11.3 Å². The van der Waals surface area contributed by atoms with Crippen molar-refractivity contribution >= 4 is 39.2 Å². The van der Waals surface area contributed by atoms with E-state index in [1.165, 1.54) is 29.2 Å². The first-order valence-corrected chi connectivity index (χ1v) is 9.29. The molecule has 0 radical (unpaired) electrons. The van der Waals surface area contributed by atoms with Crippen molar-refractivity contribution in [3.63, 3.8) is 0 Å². The first-order valence-electron chi connectivity index (χ1n) is 7.49. The van der Waals surface area contributed by atoms with Gasteiger partial charge in [-0.15, -0.1) is 10.2 Å². The Morgan fingerprint density at radius 3 is 2.96 bits per heavy atom. The highest BCUT2D eigenvalue weighted by molar-refractivity contribution is 8.00. The number of hydrogen-bond acceptors (Lipinski definition) is 9. The highest BCUT2D eigenvalue weighted by atomic mass is 32.2. The van der Waals surface area contributed by atoms with Gasteiger partial charge in [0.05, 0.1) is 13.7 Å². The van der Waals surface area contributed by atoms with Gasteiger partial charge in [-0.25, -0.2) is 4.79 Å². The molecular weight excluding hydrogens is 362 g/mol. The molecule has 0 saturated carbocycles. The molecular formula is C16H17N3O4S2. The molecule has 0 saturated heterocycles. The van der Waals surface area contributed by atoms with Crippen molar-refractivity contribution in [3.05, 3.63) is 40.2 Å². The van der Waals surface area contributed by atoms with Gasteiger partial charge in [0.15, 0.2) is 4.34 Å². The minimum Gasteiger partial charge on any atom is -0.497 e. The van der Waals surface area contributed by atoms with E-state index in [9.17, 15) is 4.79 Å². The number of hydrogen-bond donors (Lipinski definition) is 1. The number of anilines is 1. The van der Waals surface area contributed by atoms with E-state index in [2.05, 4.69) is 15.5 Å². The number of thioether (sulfide) groups is 1. The topological polar surface area (TPSA) is 86.5 Å². The highest BCUT2D eigenvalue weighted by Crippen LogP contribution is 2.31. The monoisotopic (exact) mass is 379 g/mol. The van der Waals surface area contributed by atoms with Gasteiger partial charge in [0, 0.05) is 36.9 Å². The molecule has 7 nitrogen and oxygen atoms in total. The van der Waals surface area contributed by atoms with Gasteiger partial charge in [0.25, 0.3) is 0 Å². The quantitative estimate of drug-likeness (QED) is 0.363. The number of benzene rings is 1. The lowest BCUT2D eigenvalue weighted by molar-refractivity contribution is 0.211. The molecule has 0 aliphatic rings. The van der Waals surface area contributed by atoms with Crippen LogP contribution in [0, 0.1) is 0 Å². The third-order valence-electron chi connectivity index (χ3n) is 3.38. The molecule has 9 heteroatoms. The maximum Gasteiger partial charge on any atom is 0.336 e. The Kier molecular flexibility index (Phi) is 5.90. The molecule has 0 fully saturated rings. The van der Waals surface area contributed by atoms with Gasteiger partial charge in [-0.3, -0.25) is 0 Å². The van der Waals surface area contributed by atoms with Crippen molar-refractivity contribution in [1.82, 2.24) is 10.2 Å². The fraction of sp³-hybridized carbons (Fsp3) is 0.312. The summed E-state index contributed by atoms with van der Waals surface area (Å²) in [5.74, 6) is 1.25. The van der Waals surface area contributed by atoms with E-state index in [0.29, 0.717) is 30.2 Å². The summed E-state index contributed by atoms with van der Waals surface area (Å²) in [7, 11) is 3.23. The summed E-state index contributed by atoms with van der Waals surface area (Å²) in [5, 5.41) is 13.0. The van der Waals surface area contributed by atoms with Gasteiger partial charge in [-0.05, 0) is 17.7 Å². The molecule has 0 aliphatic heterocycles. The maximum atomic E-state index is 11.8. The Morgan fingerprint density at radius 2 is 2.16 bits per heavy atom. The Hall–Kier alpha value is -2.10. The van der Waals surface area contributed by atoms with Crippen molar-refractivity contribution in [2.75, 3.05) is 32.7 Å². The largest absolute Gasteiger partial charge is 0.497 e. The molecule has 3 aromatic rings. The van der Waals surface area contributed by atoms with E-state index in [1.54, 1.807) is 20.3 Å². The number of rotatable bonds is 8. The second-order valence-corrected chi connectivity index (χ2v) is 7.23. The smallest absolute Gasteiger partial charge is 0.336 e. The summed E-state index contributed by atoms with van der Waals surface area (Å²) in [6, 6.07) is 6.97. The van der Waals surface area contributed by atoms with E-state index in [0.717, 1.165) is 20.4 Å². The number of methoxy groups -OCH3 is 2. The average molecular weight is 379 g/mol. The molecule has 0 spiro atoms. The Bertz CT molecular complexity index is 910. The second-order valence-electron chi connectivity index (χ2n) is 5.03. The summed E-state index contributed by atoms with van der Waals surface area (Å²) in [4.78, 5) is 11.8. The Balaban J connectivity index is 1.74. The normalized spacial score (nSPS) is 11.0. The first kappa shape index (κ1) is 17.7. The highest BCUT2D eigenvalue weighted by Gasteiger charge is 2.10. The van der Waals surface area contributed by atoms with Crippen LogP contribution < -0.4 is 15.7 Å². The van der Waals surface area contributed by atoms with E-state index in [-0.39, 0.29) is 5.63 Å². The summed E-state index contributed by atoms with van der Waals surface area (Å²) in [5.41, 5.74) is 1.03.